The molecule has 1 rings (SSSR count). The molecular weight excluding hydrogens is 296 g/mol. The predicted molar refractivity (Wildman–Crippen MR) is 75.4 cm³/mol. The molecule has 0 radical (unpaired) electrons. The molecule has 0 aliphatic carbocycles. The van der Waals surface area contributed by atoms with Crippen LogP contribution in [-0.2, 0) is 16.0 Å². The summed E-state index contributed by atoms with van der Waals surface area (Å²) < 4.78 is 31.7. The van der Waals surface area contributed by atoms with E-state index in [4.69, 9.17) is 9.84 Å². The van der Waals surface area contributed by atoms with E-state index in [9.17, 15) is 18.4 Å². The maximum Gasteiger partial charge on any atom is 0.407 e. The number of carboxylic acids is 1. The van der Waals surface area contributed by atoms with Crippen LogP contribution in [-0.4, -0.2) is 29.3 Å². The van der Waals surface area contributed by atoms with E-state index in [1.54, 1.807) is 20.8 Å². The average Bonchev–Trinajstić information content (AvgIpc) is 2.36. The molecule has 1 aromatic carbocycles. The molecule has 1 aromatic rings. The Morgan fingerprint density at radius 1 is 1.32 bits per heavy atom. The van der Waals surface area contributed by atoms with E-state index in [-0.39, 0.29) is 18.5 Å². The van der Waals surface area contributed by atoms with Crippen molar-refractivity contribution in [3.05, 3.63) is 35.4 Å². The maximum atomic E-state index is 13.6. The fourth-order valence-corrected chi connectivity index (χ4v) is 1.74. The lowest BCUT2D eigenvalue weighted by Gasteiger charge is -2.21. The smallest absolute Gasteiger partial charge is 0.407 e. The normalized spacial score (nSPS) is 12.6. The number of alkyl carbamates (subject to hydrolysis) is 1. The lowest BCUT2D eigenvalue weighted by molar-refractivity contribution is -0.141. The van der Waals surface area contributed by atoms with Crippen LogP contribution in [0.5, 0.6) is 0 Å². The molecule has 5 nitrogen and oxygen atoms in total. The lowest BCUT2D eigenvalue weighted by Crippen LogP contribution is -2.38. The summed E-state index contributed by atoms with van der Waals surface area (Å²) in [5.74, 6) is -4.43. The minimum atomic E-state index is -1.22. The topological polar surface area (TPSA) is 75.6 Å². The highest BCUT2D eigenvalue weighted by atomic mass is 19.2. The Morgan fingerprint density at radius 3 is 2.50 bits per heavy atom. The number of halogens is 2. The average molecular weight is 315 g/mol. The Labute approximate surface area is 127 Å². The standard InChI is InChI=1S/C15H19F2NO4/c1-15(2,3)22-14(21)18-8-10(13(19)20)7-9-5-4-6-11(16)12(9)17/h4-6,10H,7-8H2,1-3H3,(H,18,21)(H,19,20)/t10-/m0/s1. The van der Waals surface area contributed by atoms with Gasteiger partial charge in [-0.1, -0.05) is 12.1 Å². The first-order chi connectivity index (χ1) is 10.1. The van der Waals surface area contributed by atoms with Crippen molar-refractivity contribution < 1.29 is 28.2 Å². The molecule has 0 heterocycles. The fraction of sp³-hybridized carbons (Fsp3) is 0.467. The van der Waals surface area contributed by atoms with Crippen molar-refractivity contribution >= 4 is 12.1 Å². The second-order valence-electron chi connectivity index (χ2n) is 5.84. The van der Waals surface area contributed by atoms with Gasteiger partial charge in [0.25, 0.3) is 0 Å². The number of carbonyl (C=O) groups excluding carboxylic acids is 1. The van der Waals surface area contributed by atoms with E-state index >= 15 is 0 Å². The Hall–Kier alpha value is -2.18. The minimum absolute atomic E-state index is 0.0570. The number of rotatable bonds is 5. The SMILES string of the molecule is CC(C)(C)OC(=O)NC[C@H](Cc1cccc(F)c1F)C(=O)O. The zero-order valence-electron chi connectivity index (χ0n) is 12.7. The van der Waals surface area contributed by atoms with Crippen LogP contribution in [0.25, 0.3) is 0 Å². The first kappa shape index (κ1) is 17.9. The fourth-order valence-electron chi connectivity index (χ4n) is 1.74. The van der Waals surface area contributed by atoms with Crippen molar-refractivity contribution in [2.75, 3.05) is 6.54 Å². The van der Waals surface area contributed by atoms with Gasteiger partial charge in [-0.25, -0.2) is 13.6 Å². The lowest BCUT2D eigenvalue weighted by atomic mass is 9.99. The van der Waals surface area contributed by atoms with Gasteiger partial charge in [-0.3, -0.25) is 4.79 Å². The molecule has 0 saturated carbocycles. The van der Waals surface area contributed by atoms with Crippen LogP contribution in [0, 0.1) is 17.6 Å². The molecule has 0 spiro atoms. The number of nitrogens with one attached hydrogen (secondary N) is 1. The second-order valence-corrected chi connectivity index (χ2v) is 5.84. The molecule has 1 amide bonds. The zero-order chi connectivity index (χ0) is 16.9. The summed E-state index contributed by atoms with van der Waals surface area (Å²) in [5, 5.41) is 11.4. The molecule has 0 saturated heterocycles. The number of ether oxygens (including phenoxy) is 1. The Bertz CT molecular complexity index is 555. The van der Waals surface area contributed by atoms with Gasteiger partial charge >= 0.3 is 12.1 Å². The van der Waals surface area contributed by atoms with Crippen molar-refractivity contribution in [3.8, 4) is 0 Å². The predicted octanol–water partition coefficient (Wildman–Crippen LogP) is 2.73. The van der Waals surface area contributed by atoms with E-state index in [0.717, 1.165) is 6.07 Å². The molecule has 0 fully saturated rings. The summed E-state index contributed by atoms with van der Waals surface area (Å²) in [4.78, 5) is 22.7. The van der Waals surface area contributed by atoms with Crippen LogP contribution in [0.1, 0.15) is 26.3 Å². The summed E-state index contributed by atoms with van der Waals surface area (Å²) in [5.41, 5.74) is -0.768. The number of amides is 1. The van der Waals surface area contributed by atoms with E-state index in [1.165, 1.54) is 12.1 Å². The molecular formula is C15H19F2NO4. The van der Waals surface area contributed by atoms with Gasteiger partial charge in [-0.05, 0) is 38.8 Å². The Morgan fingerprint density at radius 2 is 1.95 bits per heavy atom. The van der Waals surface area contributed by atoms with Crippen molar-refractivity contribution in [2.24, 2.45) is 5.92 Å². The van der Waals surface area contributed by atoms with Crippen LogP contribution in [0.4, 0.5) is 13.6 Å². The van der Waals surface area contributed by atoms with Gasteiger partial charge < -0.3 is 15.2 Å². The third-order valence-corrected chi connectivity index (χ3v) is 2.74. The molecule has 0 aliphatic rings. The van der Waals surface area contributed by atoms with E-state index < -0.39 is 35.2 Å². The van der Waals surface area contributed by atoms with Crippen LogP contribution in [0.15, 0.2) is 18.2 Å². The van der Waals surface area contributed by atoms with Crippen LogP contribution in [0.3, 0.4) is 0 Å². The quantitative estimate of drug-likeness (QED) is 0.876. The van der Waals surface area contributed by atoms with Crippen molar-refractivity contribution in [3.63, 3.8) is 0 Å². The summed E-state index contributed by atoms with van der Waals surface area (Å²) >= 11 is 0. The number of hydrogen-bond acceptors (Lipinski definition) is 3. The van der Waals surface area contributed by atoms with Crippen LogP contribution >= 0.6 is 0 Å². The third kappa shape index (κ3) is 5.67. The molecule has 122 valence electrons. The molecule has 0 bridgehead atoms. The zero-order valence-corrected chi connectivity index (χ0v) is 12.7. The number of carboxylic acid groups (broad SMARTS) is 1. The molecule has 0 unspecified atom stereocenters. The molecule has 0 aliphatic heterocycles. The first-order valence-corrected chi connectivity index (χ1v) is 6.72. The number of benzene rings is 1. The van der Waals surface area contributed by atoms with Gasteiger partial charge in [-0.2, -0.15) is 0 Å². The van der Waals surface area contributed by atoms with Gasteiger partial charge in [0.2, 0.25) is 0 Å². The number of carbonyl (C=O) groups is 2. The van der Waals surface area contributed by atoms with E-state index in [1.807, 2.05) is 0 Å². The first-order valence-electron chi connectivity index (χ1n) is 6.72. The van der Waals surface area contributed by atoms with Crippen LogP contribution < -0.4 is 5.32 Å². The highest BCUT2D eigenvalue weighted by molar-refractivity contribution is 5.73. The molecule has 0 aromatic heterocycles. The molecule has 1 atom stereocenters. The van der Waals surface area contributed by atoms with Gasteiger partial charge in [0, 0.05) is 6.54 Å². The third-order valence-electron chi connectivity index (χ3n) is 2.74. The summed E-state index contributed by atoms with van der Waals surface area (Å²) in [6.07, 6.45) is -1.01. The highest BCUT2D eigenvalue weighted by Crippen LogP contribution is 2.16. The van der Waals surface area contributed by atoms with Gasteiger partial charge in [0.05, 0.1) is 5.92 Å². The number of hydrogen-bond donors (Lipinski definition) is 2. The van der Waals surface area contributed by atoms with Gasteiger partial charge in [0.1, 0.15) is 5.60 Å². The molecule has 22 heavy (non-hydrogen) atoms. The van der Waals surface area contributed by atoms with Crippen molar-refractivity contribution in [1.29, 1.82) is 0 Å². The van der Waals surface area contributed by atoms with Gasteiger partial charge in [-0.15, -0.1) is 0 Å². The van der Waals surface area contributed by atoms with E-state index in [0.29, 0.717) is 0 Å². The Kier molecular flexibility index (Phi) is 5.84. The van der Waals surface area contributed by atoms with E-state index in [2.05, 4.69) is 5.32 Å². The van der Waals surface area contributed by atoms with Crippen molar-refractivity contribution in [1.82, 2.24) is 5.32 Å². The summed E-state index contributed by atoms with van der Waals surface area (Å²) in [6, 6.07) is 3.56. The summed E-state index contributed by atoms with van der Waals surface area (Å²) in [6.45, 7) is 4.76. The largest absolute Gasteiger partial charge is 0.481 e. The second kappa shape index (κ2) is 7.20. The maximum absolute atomic E-state index is 13.6. The molecule has 2 N–H and O–H groups in total. The van der Waals surface area contributed by atoms with Crippen molar-refractivity contribution in [2.45, 2.75) is 32.8 Å². The van der Waals surface area contributed by atoms with Crippen LogP contribution in [0.2, 0.25) is 0 Å². The monoisotopic (exact) mass is 315 g/mol. The minimum Gasteiger partial charge on any atom is -0.481 e. The highest BCUT2D eigenvalue weighted by Gasteiger charge is 2.23. The number of aliphatic carboxylic acids is 1. The Balaban J connectivity index is 2.69. The van der Waals surface area contributed by atoms with Gasteiger partial charge in [0.15, 0.2) is 11.6 Å². The summed E-state index contributed by atoms with van der Waals surface area (Å²) in [7, 11) is 0. The molecule has 7 heteroatoms.